The van der Waals surface area contributed by atoms with E-state index in [0.717, 1.165) is 5.75 Å². The summed E-state index contributed by atoms with van der Waals surface area (Å²) in [6.45, 7) is 8.82. The number of hydrogen-bond acceptors (Lipinski definition) is 1. The van der Waals surface area contributed by atoms with Gasteiger partial charge in [0.15, 0.2) is 0 Å². The van der Waals surface area contributed by atoms with Crippen LogP contribution in [-0.4, -0.2) is 7.11 Å². The fourth-order valence-electron chi connectivity index (χ4n) is 2.20. The molecule has 100 valence electrons. The molecule has 0 unspecified atom stereocenters. The first-order valence-corrected chi connectivity index (χ1v) is 6.67. The molecule has 0 aliphatic heterocycles. The van der Waals surface area contributed by atoms with Gasteiger partial charge in [0.2, 0.25) is 0 Å². The van der Waals surface area contributed by atoms with Gasteiger partial charge in [0.25, 0.3) is 0 Å². The van der Waals surface area contributed by atoms with Gasteiger partial charge in [-0.1, -0.05) is 51.1 Å². The van der Waals surface area contributed by atoms with Crippen LogP contribution in [0, 0.1) is 6.92 Å². The monoisotopic (exact) mass is 254 g/mol. The van der Waals surface area contributed by atoms with E-state index in [1.807, 2.05) is 0 Å². The van der Waals surface area contributed by atoms with Crippen LogP contribution in [0.4, 0.5) is 0 Å². The Kier molecular flexibility index (Phi) is 3.66. The first-order chi connectivity index (χ1) is 8.91. The van der Waals surface area contributed by atoms with Crippen molar-refractivity contribution in [3.8, 4) is 16.9 Å². The van der Waals surface area contributed by atoms with Gasteiger partial charge >= 0.3 is 0 Å². The van der Waals surface area contributed by atoms with Crippen LogP contribution in [0.5, 0.6) is 5.75 Å². The normalized spacial score (nSPS) is 11.4. The van der Waals surface area contributed by atoms with E-state index in [9.17, 15) is 0 Å². The summed E-state index contributed by atoms with van der Waals surface area (Å²) in [4.78, 5) is 0. The summed E-state index contributed by atoms with van der Waals surface area (Å²) in [5, 5.41) is 0. The van der Waals surface area contributed by atoms with Crippen molar-refractivity contribution in [3.63, 3.8) is 0 Å². The van der Waals surface area contributed by atoms with Gasteiger partial charge in [-0.05, 0) is 46.7 Å². The highest BCUT2D eigenvalue weighted by molar-refractivity contribution is 5.69. The quantitative estimate of drug-likeness (QED) is 0.735. The summed E-state index contributed by atoms with van der Waals surface area (Å²) in [7, 11) is 1.73. The van der Waals surface area contributed by atoms with E-state index in [2.05, 4.69) is 70.2 Å². The van der Waals surface area contributed by atoms with Gasteiger partial charge in [0.1, 0.15) is 5.75 Å². The molecular formula is C18H22O. The molecule has 0 saturated heterocycles. The van der Waals surface area contributed by atoms with E-state index in [1.54, 1.807) is 7.11 Å². The van der Waals surface area contributed by atoms with Crippen LogP contribution in [0.3, 0.4) is 0 Å². The van der Waals surface area contributed by atoms with Crippen LogP contribution in [0.2, 0.25) is 0 Å². The molecule has 0 fully saturated rings. The third kappa shape index (κ3) is 2.98. The number of aryl methyl sites for hydroxylation is 1. The SMILES string of the molecule is COc1cc(-c2ccccc2C)cc(C(C)(C)C)c1. The molecule has 0 bridgehead atoms. The Morgan fingerprint density at radius 2 is 1.63 bits per heavy atom. The number of ether oxygens (including phenoxy) is 1. The Balaban J connectivity index is 2.61. The number of benzene rings is 2. The molecule has 1 heteroatoms. The molecule has 0 saturated carbocycles. The highest BCUT2D eigenvalue weighted by Crippen LogP contribution is 2.33. The fourth-order valence-corrected chi connectivity index (χ4v) is 2.20. The lowest BCUT2D eigenvalue weighted by molar-refractivity contribution is 0.413. The van der Waals surface area contributed by atoms with Gasteiger partial charge in [-0.15, -0.1) is 0 Å². The van der Waals surface area contributed by atoms with Crippen LogP contribution in [-0.2, 0) is 5.41 Å². The second kappa shape index (κ2) is 5.08. The summed E-state index contributed by atoms with van der Waals surface area (Å²) in [5.41, 5.74) is 5.20. The molecule has 0 atom stereocenters. The van der Waals surface area contributed by atoms with Gasteiger partial charge in [-0.2, -0.15) is 0 Å². The molecule has 19 heavy (non-hydrogen) atoms. The average molecular weight is 254 g/mol. The molecule has 0 aliphatic carbocycles. The van der Waals surface area contributed by atoms with Crippen molar-refractivity contribution < 1.29 is 4.74 Å². The van der Waals surface area contributed by atoms with E-state index in [4.69, 9.17) is 4.74 Å². The highest BCUT2D eigenvalue weighted by atomic mass is 16.5. The van der Waals surface area contributed by atoms with Crippen molar-refractivity contribution in [3.05, 3.63) is 53.6 Å². The number of hydrogen-bond donors (Lipinski definition) is 0. The first-order valence-electron chi connectivity index (χ1n) is 6.67. The maximum absolute atomic E-state index is 5.45. The molecule has 0 aliphatic rings. The minimum atomic E-state index is 0.117. The standard InChI is InChI=1S/C18H22O/c1-13-8-6-7-9-17(13)14-10-15(18(2,3)4)12-16(11-14)19-5/h6-12H,1-5H3. The second-order valence-electron chi connectivity index (χ2n) is 6.02. The van der Waals surface area contributed by atoms with E-state index in [0.29, 0.717) is 0 Å². The lowest BCUT2D eigenvalue weighted by atomic mass is 9.85. The van der Waals surface area contributed by atoms with E-state index >= 15 is 0 Å². The van der Waals surface area contributed by atoms with Gasteiger partial charge in [0.05, 0.1) is 7.11 Å². The predicted octanol–water partition coefficient (Wildman–Crippen LogP) is 4.97. The topological polar surface area (TPSA) is 9.23 Å². The number of rotatable bonds is 2. The van der Waals surface area contributed by atoms with Gasteiger partial charge < -0.3 is 4.74 Å². The molecule has 0 aromatic heterocycles. The Morgan fingerprint density at radius 3 is 2.21 bits per heavy atom. The molecule has 0 amide bonds. The Morgan fingerprint density at radius 1 is 0.947 bits per heavy atom. The van der Waals surface area contributed by atoms with Crippen molar-refractivity contribution in [2.45, 2.75) is 33.1 Å². The summed E-state index contributed by atoms with van der Waals surface area (Å²) in [6, 6.07) is 15.0. The zero-order valence-corrected chi connectivity index (χ0v) is 12.4. The molecule has 0 radical (unpaired) electrons. The fraction of sp³-hybridized carbons (Fsp3) is 0.333. The van der Waals surface area contributed by atoms with Crippen LogP contribution in [0.1, 0.15) is 31.9 Å². The van der Waals surface area contributed by atoms with Crippen LogP contribution in [0.25, 0.3) is 11.1 Å². The van der Waals surface area contributed by atoms with E-state index in [1.165, 1.54) is 22.3 Å². The van der Waals surface area contributed by atoms with E-state index in [-0.39, 0.29) is 5.41 Å². The summed E-state index contributed by atoms with van der Waals surface area (Å²) in [6.07, 6.45) is 0. The van der Waals surface area contributed by atoms with Gasteiger partial charge in [0, 0.05) is 0 Å². The Bertz CT molecular complexity index is 576. The molecule has 2 rings (SSSR count). The second-order valence-corrected chi connectivity index (χ2v) is 6.02. The number of methoxy groups -OCH3 is 1. The molecule has 0 N–H and O–H groups in total. The van der Waals surface area contributed by atoms with Crippen molar-refractivity contribution in [1.82, 2.24) is 0 Å². The molecule has 0 spiro atoms. The smallest absolute Gasteiger partial charge is 0.119 e. The maximum Gasteiger partial charge on any atom is 0.119 e. The zero-order chi connectivity index (χ0) is 14.0. The lowest BCUT2D eigenvalue weighted by Gasteiger charge is -2.21. The summed E-state index contributed by atoms with van der Waals surface area (Å²) < 4.78 is 5.45. The first kappa shape index (κ1) is 13.7. The molecule has 2 aromatic rings. The summed E-state index contributed by atoms with van der Waals surface area (Å²) >= 11 is 0. The predicted molar refractivity (Wildman–Crippen MR) is 81.9 cm³/mol. The Hall–Kier alpha value is -1.76. The summed E-state index contributed by atoms with van der Waals surface area (Å²) in [5.74, 6) is 0.922. The van der Waals surface area contributed by atoms with Gasteiger partial charge in [-0.25, -0.2) is 0 Å². The van der Waals surface area contributed by atoms with Crippen molar-refractivity contribution in [2.75, 3.05) is 7.11 Å². The van der Waals surface area contributed by atoms with Crippen molar-refractivity contribution in [2.24, 2.45) is 0 Å². The Labute approximate surface area is 116 Å². The lowest BCUT2D eigenvalue weighted by Crippen LogP contribution is -2.11. The minimum Gasteiger partial charge on any atom is -0.497 e. The zero-order valence-electron chi connectivity index (χ0n) is 12.4. The third-order valence-corrected chi connectivity index (χ3v) is 3.46. The van der Waals surface area contributed by atoms with Crippen LogP contribution < -0.4 is 4.74 Å². The maximum atomic E-state index is 5.45. The van der Waals surface area contributed by atoms with Crippen LogP contribution >= 0.6 is 0 Å². The van der Waals surface area contributed by atoms with Crippen molar-refractivity contribution >= 4 is 0 Å². The van der Waals surface area contributed by atoms with Crippen molar-refractivity contribution in [1.29, 1.82) is 0 Å². The molecule has 2 aromatic carbocycles. The highest BCUT2D eigenvalue weighted by Gasteiger charge is 2.16. The average Bonchev–Trinajstić information content (AvgIpc) is 2.37. The molecule has 1 nitrogen and oxygen atoms in total. The van der Waals surface area contributed by atoms with E-state index < -0.39 is 0 Å². The van der Waals surface area contributed by atoms with Crippen LogP contribution in [0.15, 0.2) is 42.5 Å². The minimum absolute atomic E-state index is 0.117. The van der Waals surface area contributed by atoms with Gasteiger partial charge in [-0.3, -0.25) is 0 Å². The molecular weight excluding hydrogens is 232 g/mol. The largest absolute Gasteiger partial charge is 0.497 e. The molecule has 0 heterocycles. The third-order valence-electron chi connectivity index (χ3n) is 3.46.